The Labute approximate surface area is 188 Å². The maximum atomic E-state index is 8.88. The molecule has 0 atom stereocenters. The third-order valence-corrected chi connectivity index (χ3v) is 4.77. The van der Waals surface area contributed by atoms with E-state index in [-0.39, 0.29) is 0 Å². The Morgan fingerprint density at radius 2 is 1.81 bits per heavy atom. The summed E-state index contributed by atoms with van der Waals surface area (Å²) in [6, 6.07) is 7.63. The van der Waals surface area contributed by atoms with Gasteiger partial charge in [0.1, 0.15) is 6.33 Å². The molecule has 0 radical (unpaired) electrons. The SMILES string of the molecule is COc1cc(Nc2cncc3cc(Cl)ccc23)cnc1-n1cnc(C)c1C.O=P(O)(O)O. The van der Waals surface area contributed by atoms with Crippen molar-refractivity contribution in [1.29, 1.82) is 0 Å². The molecule has 3 heterocycles. The van der Waals surface area contributed by atoms with Gasteiger partial charge in [-0.15, -0.1) is 0 Å². The monoisotopic (exact) mass is 477 g/mol. The zero-order chi connectivity index (χ0) is 23.5. The maximum absolute atomic E-state index is 8.88. The summed E-state index contributed by atoms with van der Waals surface area (Å²) >= 11 is 6.08. The summed E-state index contributed by atoms with van der Waals surface area (Å²) in [5.41, 5.74) is 3.66. The summed E-state index contributed by atoms with van der Waals surface area (Å²) in [5, 5.41) is 6.04. The van der Waals surface area contributed by atoms with Crippen LogP contribution in [-0.4, -0.2) is 41.3 Å². The zero-order valence-corrected chi connectivity index (χ0v) is 19.0. The number of aromatic nitrogens is 4. The normalized spacial score (nSPS) is 11.1. The number of anilines is 2. The highest BCUT2D eigenvalue weighted by Gasteiger charge is 2.13. The lowest BCUT2D eigenvalue weighted by Crippen LogP contribution is -2.03. The van der Waals surface area contributed by atoms with Gasteiger partial charge in [-0.25, -0.2) is 14.5 Å². The number of halogens is 1. The van der Waals surface area contributed by atoms with E-state index >= 15 is 0 Å². The van der Waals surface area contributed by atoms with Crippen molar-refractivity contribution < 1.29 is 24.0 Å². The first-order valence-electron chi connectivity index (χ1n) is 9.20. The molecule has 3 aromatic heterocycles. The minimum absolute atomic E-state index is 0.650. The minimum atomic E-state index is -4.64. The molecule has 0 spiro atoms. The molecule has 0 fully saturated rings. The van der Waals surface area contributed by atoms with Crippen LogP contribution in [0, 0.1) is 13.8 Å². The second kappa shape index (κ2) is 9.64. The number of aryl methyl sites for hydroxylation is 1. The molecule has 4 aromatic rings. The van der Waals surface area contributed by atoms with Crippen molar-refractivity contribution in [3.8, 4) is 11.6 Å². The number of nitrogens with zero attached hydrogens (tertiary/aromatic N) is 4. The average molecular weight is 478 g/mol. The van der Waals surface area contributed by atoms with Crippen LogP contribution in [0.3, 0.4) is 0 Å². The first-order valence-corrected chi connectivity index (χ1v) is 11.1. The van der Waals surface area contributed by atoms with E-state index < -0.39 is 7.82 Å². The molecule has 0 amide bonds. The number of nitrogens with one attached hydrogen (secondary N) is 1. The van der Waals surface area contributed by atoms with Crippen LogP contribution in [0.1, 0.15) is 11.4 Å². The van der Waals surface area contributed by atoms with E-state index in [9.17, 15) is 0 Å². The van der Waals surface area contributed by atoms with Crippen LogP contribution in [0.15, 0.2) is 49.2 Å². The molecule has 168 valence electrons. The van der Waals surface area contributed by atoms with Gasteiger partial charge in [-0.2, -0.15) is 0 Å². The van der Waals surface area contributed by atoms with Gasteiger partial charge in [0.2, 0.25) is 0 Å². The highest BCUT2D eigenvalue weighted by molar-refractivity contribution is 7.45. The molecule has 4 N–H and O–H groups in total. The molecule has 4 rings (SSSR count). The second-order valence-corrected chi connectivity index (χ2v) is 8.19. The standard InChI is InChI=1S/C20H18ClN5O.H3O4P/c1-12-13(2)26(11-24-12)20-19(27-3)7-16(9-23-20)25-18-10-22-8-14-6-15(21)4-5-17(14)18;1-5(2,3)4/h4-11,25H,1-3H3;(H3,1,2,3,4). The van der Waals surface area contributed by atoms with E-state index in [2.05, 4.69) is 20.3 Å². The predicted molar refractivity (Wildman–Crippen MR) is 122 cm³/mol. The molecule has 0 saturated carbocycles. The summed E-state index contributed by atoms with van der Waals surface area (Å²) in [7, 11) is -3.01. The number of rotatable bonds is 4. The first-order chi connectivity index (χ1) is 15.1. The van der Waals surface area contributed by atoms with E-state index in [1.807, 2.05) is 42.7 Å². The molecular weight excluding hydrogens is 457 g/mol. The molecule has 12 heteroatoms. The second-order valence-electron chi connectivity index (χ2n) is 6.73. The van der Waals surface area contributed by atoms with Gasteiger partial charge in [-0.05, 0) is 26.0 Å². The van der Waals surface area contributed by atoms with E-state index in [0.717, 1.165) is 33.5 Å². The van der Waals surface area contributed by atoms with Gasteiger partial charge in [-0.1, -0.05) is 17.7 Å². The molecule has 1 aromatic carbocycles. The summed E-state index contributed by atoms with van der Waals surface area (Å²) in [6.07, 6.45) is 7.08. The fourth-order valence-corrected chi connectivity index (χ4v) is 3.13. The molecule has 0 saturated heterocycles. The Bertz CT molecular complexity index is 1300. The fourth-order valence-electron chi connectivity index (χ4n) is 2.95. The first kappa shape index (κ1) is 23.6. The summed E-state index contributed by atoms with van der Waals surface area (Å²) in [6.45, 7) is 3.97. The lowest BCUT2D eigenvalue weighted by Gasteiger charge is -2.14. The van der Waals surface area contributed by atoms with Gasteiger partial charge in [0.05, 0.1) is 36.6 Å². The summed E-state index contributed by atoms with van der Waals surface area (Å²) in [5.74, 6) is 1.35. The van der Waals surface area contributed by atoms with Crippen molar-refractivity contribution in [1.82, 2.24) is 19.5 Å². The lowest BCUT2D eigenvalue weighted by atomic mass is 10.1. The molecular formula is C20H21ClN5O5P. The molecule has 0 bridgehead atoms. The molecule has 10 nitrogen and oxygen atoms in total. The number of hydrogen-bond donors (Lipinski definition) is 4. The van der Waals surface area contributed by atoms with Gasteiger partial charge < -0.3 is 24.7 Å². The van der Waals surface area contributed by atoms with Crippen LogP contribution in [0.25, 0.3) is 16.6 Å². The third kappa shape index (κ3) is 5.82. The Morgan fingerprint density at radius 3 is 2.44 bits per heavy atom. The Balaban J connectivity index is 0.000000523. The number of phosphoric acid groups is 1. The van der Waals surface area contributed by atoms with Gasteiger partial charge in [0.15, 0.2) is 11.6 Å². The van der Waals surface area contributed by atoms with Gasteiger partial charge >= 0.3 is 7.82 Å². The Hall–Kier alpha value is -3.01. The molecule has 0 unspecified atom stereocenters. The molecule has 0 aliphatic heterocycles. The smallest absolute Gasteiger partial charge is 0.466 e. The van der Waals surface area contributed by atoms with Crippen LogP contribution in [0.5, 0.6) is 5.75 Å². The van der Waals surface area contributed by atoms with Crippen LogP contribution in [0.4, 0.5) is 11.4 Å². The van der Waals surface area contributed by atoms with E-state index in [1.54, 1.807) is 32.0 Å². The predicted octanol–water partition coefficient (Wildman–Crippen LogP) is 3.91. The largest absolute Gasteiger partial charge is 0.493 e. The van der Waals surface area contributed by atoms with Crippen molar-refractivity contribution in [3.63, 3.8) is 0 Å². The van der Waals surface area contributed by atoms with Crippen LogP contribution >= 0.6 is 19.4 Å². The highest BCUT2D eigenvalue weighted by atomic mass is 35.5. The van der Waals surface area contributed by atoms with Crippen LogP contribution in [-0.2, 0) is 4.57 Å². The van der Waals surface area contributed by atoms with Gasteiger partial charge in [0, 0.05) is 33.8 Å². The minimum Gasteiger partial charge on any atom is -0.493 e. The van der Waals surface area contributed by atoms with Crippen LogP contribution in [0.2, 0.25) is 5.02 Å². The van der Waals surface area contributed by atoms with Crippen molar-refractivity contribution in [2.45, 2.75) is 13.8 Å². The number of pyridine rings is 2. The Morgan fingerprint density at radius 1 is 1.09 bits per heavy atom. The van der Waals surface area contributed by atoms with E-state index in [1.165, 1.54) is 0 Å². The van der Waals surface area contributed by atoms with Crippen molar-refractivity contribution in [3.05, 3.63) is 65.6 Å². The number of methoxy groups -OCH3 is 1. The van der Waals surface area contributed by atoms with E-state index in [0.29, 0.717) is 16.6 Å². The van der Waals surface area contributed by atoms with Gasteiger partial charge in [0.25, 0.3) is 0 Å². The summed E-state index contributed by atoms with van der Waals surface area (Å²) in [4.78, 5) is 34.8. The van der Waals surface area contributed by atoms with Gasteiger partial charge in [-0.3, -0.25) is 9.55 Å². The molecule has 0 aliphatic carbocycles. The molecule has 0 aliphatic rings. The molecule has 32 heavy (non-hydrogen) atoms. The number of ether oxygens (including phenoxy) is 1. The fraction of sp³-hybridized carbons (Fsp3) is 0.150. The third-order valence-electron chi connectivity index (χ3n) is 4.53. The van der Waals surface area contributed by atoms with Crippen molar-refractivity contribution in [2.75, 3.05) is 12.4 Å². The van der Waals surface area contributed by atoms with Crippen LogP contribution < -0.4 is 10.1 Å². The maximum Gasteiger partial charge on any atom is 0.466 e. The van der Waals surface area contributed by atoms with E-state index in [4.69, 9.17) is 35.6 Å². The highest BCUT2D eigenvalue weighted by Crippen LogP contribution is 2.31. The van der Waals surface area contributed by atoms with Crippen molar-refractivity contribution in [2.24, 2.45) is 0 Å². The number of fused-ring (bicyclic) bond motifs is 1. The zero-order valence-electron chi connectivity index (χ0n) is 17.4. The topological polar surface area (TPSA) is 143 Å². The van der Waals surface area contributed by atoms with Crippen molar-refractivity contribution >= 4 is 41.6 Å². The number of hydrogen-bond acceptors (Lipinski definition) is 6. The summed E-state index contributed by atoms with van der Waals surface area (Å²) < 4.78 is 16.4. The average Bonchev–Trinajstić information content (AvgIpc) is 3.05. The quantitative estimate of drug-likeness (QED) is 0.322. The Kier molecular flexibility index (Phi) is 7.12. The number of benzene rings is 1. The lowest BCUT2D eigenvalue weighted by molar-refractivity contribution is 0.275. The number of imidazole rings is 1.